The van der Waals surface area contributed by atoms with Gasteiger partial charge in [-0.3, -0.25) is 9.79 Å². The zero-order chi connectivity index (χ0) is 28.7. The van der Waals surface area contributed by atoms with E-state index in [2.05, 4.69) is 34.0 Å². The topological polar surface area (TPSA) is 128 Å². The number of nitrogens with zero attached hydrogens (tertiary/aromatic N) is 3. The van der Waals surface area contributed by atoms with Crippen molar-refractivity contribution in [3.05, 3.63) is 63.6 Å². The lowest BCUT2D eigenvalue weighted by Crippen LogP contribution is -2.54. The van der Waals surface area contributed by atoms with Gasteiger partial charge >= 0.3 is 0 Å². The first-order valence-electron chi connectivity index (χ1n) is 12.3. The maximum absolute atomic E-state index is 10.6. The molecule has 208 valence electrons. The quantitative estimate of drug-likeness (QED) is 0.221. The average molecular weight is 574 g/mol. The van der Waals surface area contributed by atoms with Gasteiger partial charge in [-0.1, -0.05) is 23.2 Å². The zero-order valence-electron chi connectivity index (χ0n) is 22.7. The molecule has 39 heavy (non-hydrogen) atoms. The molecule has 1 aromatic heterocycles. The predicted octanol–water partition coefficient (Wildman–Crippen LogP) is 4.68. The molecular weight excluding hydrogens is 539 g/mol. The van der Waals surface area contributed by atoms with Gasteiger partial charge in [-0.05, 0) is 50.2 Å². The minimum absolute atomic E-state index is 0.222. The summed E-state index contributed by atoms with van der Waals surface area (Å²) >= 11 is 12.7. The predicted molar refractivity (Wildman–Crippen MR) is 160 cm³/mol. The smallest absolute Gasteiger partial charge is 0.150 e. The lowest BCUT2D eigenvalue weighted by atomic mass is 10.1. The van der Waals surface area contributed by atoms with Crippen LogP contribution in [0.4, 0.5) is 11.5 Å². The summed E-state index contributed by atoms with van der Waals surface area (Å²) in [5, 5.41) is 4.13. The average Bonchev–Trinajstić information content (AvgIpc) is 2.93. The van der Waals surface area contributed by atoms with Crippen molar-refractivity contribution < 1.29 is 14.3 Å². The Bertz CT molecular complexity index is 1300. The molecule has 0 saturated carbocycles. The number of nitrogen functional groups attached to an aromatic ring is 1. The van der Waals surface area contributed by atoms with E-state index in [-0.39, 0.29) is 5.82 Å². The van der Waals surface area contributed by atoms with Crippen molar-refractivity contribution in [1.29, 1.82) is 0 Å². The minimum Gasteiger partial charge on any atom is -0.495 e. The van der Waals surface area contributed by atoms with Gasteiger partial charge in [0, 0.05) is 55.1 Å². The number of amidine groups is 1. The number of aliphatic imine (C=N–C) groups is 1. The fourth-order valence-electron chi connectivity index (χ4n) is 4.36. The molecule has 0 spiro atoms. The molecule has 1 saturated heterocycles. The summed E-state index contributed by atoms with van der Waals surface area (Å²) in [4.78, 5) is 21.2. The van der Waals surface area contributed by atoms with E-state index >= 15 is 0 Å². The van der Waals surface area contributed by atoms with Crippen molar-refractivity contribution in [2.24, 2.45) is 10.7 Å². The first-order chi connectivity index (χ1) is 18.6. The molecule has 3 aromatic rings. The number of hydrogen-bond acceptors (Lipinski definition) is 8. The van der Waals surface area contributed by atoms with Crippen molar-refractivity contribution >= 4 is 46.8 Å². The van der Waals surface area contributed by atoms with Crippen LogP contribution in [0.3, 0.4) is 0 Å². The molecule has 2 aromatic carbocycles. The Morgan fingerprint density at radius 1 is 1.05 bits per heavy atom. The van der Waals surface area contributed by atoms with Crippen molar-refractivity contribution in [2.75, 3.05) is 45.0 Å². The number of anilines is 2. The van der Waals surface area contributed by atoms with Crippen LogP contribution >= 0.6 is 23.2 Å². The largest absolute Gasteiger partial charge is 0.495 e. The molecule has 0 aliphatic carbocycles. The Kier molecular flexibility index (Phi) is 10.4. The third kappa shape index (κ3) is 7.11. The molecule has 2 heterocycles. The van der Waals surface area contributed by atoms with E-state index in [4.69, 9.17) is 44.1 Å². The van der Waals surface area contributed by atoms with E-state index in [1.165, 1.54) is 19.9 Å². The monoisotopic (exact) mass is 572 g/mol. The first kappa shape index (κ1) is 30.0. The molecular formula is C28H34Cl2N6O3. The van der Waals surface area contributed by atoms with E-state index < -0.39 is 0 Å². The minimum atomic E-state index is 0.222. The molecule has 9 nitrogen and oxygen atoms in total. The molecule has 0 radical (unpaired) electrons. The molecule has 2 atom stereocenters. The number of ether oxygens (including phenoxy) is 2. The van der Waals surface area contributed by atoms with Gasteiger partial charge < -0.3 is 31.2 Å². The molecule has 4 rings (SSSR count). The second-order valence-corrected chi connectivity index (χ2v) is 9.86. The summed E-state index contributed by atoms with van der Waals surface area (Å²) in [5.41, 5.74) is 15.1. The summed E-state index contributed by atoms with van der Waals surface area (Å²) < 4.78 is 10.5. The second kappa shape index (κ2) is 13.5. The number of benzene rings is 2. The Morgan fingerprint density at radius 2 is 1.62 bits per heavy atom. The first-order valence-corrected chi connectivity index (χ1v) is 13.0. The summed E-state index contributed by atoms with van der Waals surface area (Å²) in [6, 6.07) is 13.8. The van der Waals surface area contributed by atoms with Crippen LogP contribution in [0.2, 0.25) is 10.0 Å². The van der Waals surface area contributed by atoms with Crippen molar-refractivity contribution in [3.63, 3.8) is 0 Å². The Balaban J connectivity index is 0.000000230. The number of nitrogens with two attached hydrogens (primary N) is 2. The number of rotatable bonds is 6. The summed E-state index contributed by atoms with van der Waals surface area (Å²) in [6.07, 6.45) is 0.882. The van der Waals surface area contributed by atoms with Crippen LogP contribution in [0.15, 0.2) is 47.5 Å². The Labute approximate surface area is 239 Å². The Hall–Kier alpha value is -3.53. The molecule has 0 bridgehead atoms. The van der Waals surface area contributed by atoms with Crippen LogP contribution in [0.5, 0.6) is 11.5 Å². The number of hydrogen-bond donors (Lipinski definition) is 3. The van der Waals surface area contributed by atoms with Crippen LogP contribution in [0.1, 0.15) is 29.8 Å². The van der Waals surface area contributed by atoms with E-state index in [9.17, 15) is 4.79 Å². The number of aldehydes is 1. The molecule has 5 N–H and O–H groups in total. The van der Waals surface area contributed by atoms with Crippen LogP contribution < -0.4 is 31.2 Å². The highest BCUT2D eigenvalue weighted by atomic mass is 35.5. The number of carbonyl (C=O) groups is 1. The third-order valence-corrected chi connectivity index (χ3v) is 6.97. The van der Waals surface area contributed by atoms with Crippen molar-refractivity contribution in [2.45, 2.75) is 25.9 Å². The van der Waals surface area contributed by atoms with Crippen LogP contribution in [-0.4, -0.2) is 63.5 Å². The highest BCUT2D eigenvalue weighted by Crippen LogP contribution is 2.45. The fraction of sp³-hybridized carbons (Fsp3) is 0.321. The van der Waals surface area contributed by atoms with Crippen molar-refractivity contribution in [1.82, 2.24) is 10.3 Å². The van der Waals surface area contributed by atoms with Crippen LogP contribution in [0.25, 0.3) is 11.3 Å². The summed E-state index contributed by atoms with van der Waals surface area (Å²) in [6.45, 7) is 6.43. The van der Waals surface area contributed by atoms with Gasteiger partial charge in [-0.25, -0.2) is 4.98 Å². The number of aromatic nitrogens is 1. The molecule has 0 amide bonds. The second-order valence-electron chi connectivity index (χ2n) is 9.11. The maximum Gasteiger partial charge on any atom is 0.150 e. The van der Waals surface area contributed by atoms with Gasteiger partial charge in [0.1, 0.15) is 29.4 Å². The van der Waals surface area contributed by atoms with E-state index in [1.807, 2.05) is 24.3 Å². The van der Waals surface area contributed by atoms with Gasteiger partial charge in [0.2, 0.25) is 0 Å². The SMILES string of the molecule is CC1CN(c2ccc(C=O)cc2)CC(C)N1.CN=C(N)c1ccc(-c2c(Cl)c(OC)cc(OC)c2Cl)nc1N. The number of methoxy groups -OCH3 is 2. The summed E-state index contributed by atoms with van der Waals surface area (Å²) in [7, 11) is 4.58. The molecule has 1 aliphatic rings. The van der Waals surface area contributed by atoms with Gasteiger partial charge in [0.15, 0.2) is 0 Å². The lowest BCUT2D eigenvalue weighted by molar-refractivity contribution is 0.112. The van der Waals surface area contributed by atoms with Gasteiger partial charge in [0.05, 0.1) is 35.5 Å². The molecule has 2 unspecified atom stereocenters. The number of piperazine rings is 1. The van der Waals surface area contributed by atoms with Crippen molar-refractivity contribution in [3.8, 4) is 22.8 Å². The Morgan fingerprint density at radius 3 is 2.08 bits per heavy atom. The number of carbonyl (C=O) groups excluding carboxylic acids is 1. The number of nitrogens with one attached hydrogen (secondary N) is 1. The highest BCUT2D eigenvalue weighted by molar-refractivity contribution is 6.41. The van der Waals surface area contributed by atoms with E-state index in [1.54, 1.807) is 25.2 Å². The maximum atomic E-state index is 10.6. The highest BCUT2D eigenvalue weighted by Gasteiger charge is 2.22. The third-order valence-electron chi connectivity index (χ3n) is 6.22. The lowest BCUT2D eigenvalue weighted by Gasteiger charge is -2.37. The standard InChI is InChI=1S/C15H16Cl2N4O2.C13H18N2O/c1-20-14(18)7-4-5-8(21-15(7)19)11-12(16)9(22-2)6-10(23-3)13(11)17;1-10-7-15(8-11(2)14-10)13-5-3-12(9-16)4-6-13/h4-6H,1-3H3,(H2,18,20)(H2,19,21);3-6,9-11,14H,7-8H2,1-2H3. The summed E-state index contributed by atoms with van der Waals surface area (Å²) in [5.74, 6) is 1.35. The van der Waals surface area contributed by atoms with Gasteiger partial charge in [-0.15, -0.1) is 0 Å². The zero-order valence-corrected chi connectivity index (χ0v) is 24.2. The molecule has 11 heteroatoms. The number of halogens is 2. The number of pyridine rings is 1. The van der Waals surface area contributed by atoms with Gasteiger partial charge in [0.25, 0.3) is 0 Å². The van der Waals surface area contributed by atoms with E-state index in [0.29, 0.717) is 56.3 Å². The normalized spacial score (nSPS) is 17.2. The molecule has 1 aliphatic heterocycles. The van der Waals surface area contributed by atoms with Gasteiger partial charge in [-0.2, -0.15) is 0 Å². The van der Waals surface area contributed by atoms with Crippen LogP contribution in [0, 0.1) is 0 Å². The van der Waals surface area contributed by atoms with E-state index in [0.717, 1.165) is 24.9 Å². The fourth-order valence-corrected chi connectivity index (χ4v) is 5.06. The molecule has 1 fully saturated rings. The van der Waals surface area contributed by atoms with Crippen LogP contribution in [-0.2, 0) is 0 Å².